The van der Waals surface area contributed by atoms with Crippen LogP contribution < -0.4 is 5.32 Å². The minimum Gasteiger partial charge on any atom is -0.353 e. The fourth-order valence-corrected chi connectivity index (χ4v) is 1.98. The zero-order chi connectivity index (χ0) is 12.4. The number of rotatable bonds is 1. The molecule has 0 saturated carbocycles. The standard InChI is InChI=1S/C10H9Cl2N3O2/c11-7-2-1-6(9(12)14-7)10(17)15-4-3-13-8(16)5-15/h1-2H,3-5H2,(H,13,16). The molecule has 1 aliphatic heterocycles. The van der Waals surface area contributed by atoms with Gasteiger partial charge in [-0.2, -0.15) is 0 Å². The van der Waals surface area contributed by atoms with Crippen LogP contribution in [0.1, 0.15) is 10.4 Å². The van der Waals surface area contributed by atoms with Crippen molar-refractivity contribution in [2.24, 2.45) is 0 Å². The predicted molar refractivity (Wildman–Crippen MR) is 63.2 cm³/mol. The number of halogens is 2. The summed E-state index contributed by atoms with van der Waals surface area (Å²) in [6.45, 7) is 0.949. The summed E-state index contributed by atoms with van der Waals surface area (Å²) in [5, 5.41) is 2.91. The topological polar surface area (TPSA) is 62.3 Å². The van der Waals surface area contributed by atoms with E-state index in [1.807, 2.05) is 0 Å². The molecule has 0 spiro atoms. The Morgan fingerprint density at radius 1 is 1.41 bits per heavy atom. The fraction of sp³-hybridized carbons (Fsp3) is 0.300. The number of amides is 2. The second-order valence-corrected chi connectivity index (χ2v) is 4.29. The lowest BCUT2D eigenvalue weighted by Gasteiger charge is -2.26. The molecule has 0 atom stereocenters. The van der Waals surface area contributed by atoms with Crippen LogP contribution >= 0.6 is 23.2 Å². The van der Waals surface area contributed by atoms with E-state index >= 15 is 0 Å². The number of carbonyl (C=O) groups excluding carboxylic acids is 2. The van der Waals surface area contributed by atoms with E-state index in [0.29, 0.717) is 13.1 Å². The van der Waals surface area contributed by atoms with Gasteiger partial charge >= 0.3 is 0 Å². The molecule has 1 aromatic rings. The van der Waals surface area contributed by atoms with Crippen molar-refractivity contribution in [3.05, 3.63) is 28.0 Å². The number of hydrogen-bond acceptors (Lipinski definition) is 3. The van der Waals surface area contributed by atoms with Gasteiger partial charge < -0.3 is 10.2 Å². The van der Waals surface area contributed by atoms with E-state index in [1.54, 1.807) is 0 Å². The number of pyridine rings is 1. The zero-order valence-corrected chi connectivity index (χ0v) is 10.3. The van der Waals surface area contributed by atoms with Crippen LogP contribution in [-0.4, -0.2) is 41.3 Å². The fourth-order valence-electron chi connectivity index (χ4n) is 1.55. The molecule has 0 unspecified atom stereocenters. The second kappa shape index (κ2) is 4.89. The minimum atomic E-state index is -0.311. The Kier molecular flexibility index (Phi) is 3.49. The SMILES string of the molecule is O=C1CN(C(=O)c2ccc(Cl)nc2Cl)CCN1. The van der Waals surface area contributed by atoms with Crippen molar-refractivity contribution in [1.29, 1.82) is 0 Å². The summed E-state index contributed by atoms with van der Waals surface area (Å²) < 4.78 is 0. The van der Waals surface area contributed by atoms with Crippen LogP contribution in [0.3, 0.4) is 0 Å². The van der Waals surface area contributed by atoms with Crippen LogP contribution in [0, 0.1) is 0 Å². The number of hydrogen-bond donors (Lipinski definition) is 1. The van der Waals surface area contributed by atoms with Gasteiger partial charge in [-0.15, -0.1) is 0 Å². The Hall–Kier alpha value is -1.33. The van der Waals surface area contributed by atoms with Crippen molar-refractivity contribution < 1.29 is 9.59 Å². The van der Waals surface area contributed by atoms with Crippen molar-refractivity contribution in [1.82, 2.24) is 15.2 Å². The maximum absolute atomic E-state index is 12.1. The van der Waals surface area contributed by atoms with Crippen LogP contribution in [0.2, 0.25) is 10.3 Å². The Bertz CT molecular complexity index is 479. The van der Waals surface area contributed by atoms with Gasteiger partial charge in [-0.25, -0.2) is 4.98 Å². The van der Waals surface area contributed by atoms with Gasteiger partial charge in [0.05, 0.1) is 12.1 Å². The van der Waals surface area contributed by atoms with Gasteiger partial charge in [0, 0.05) is 13.1 Å². The van der Waals surface area contributed by atoms with Crippen molar-refractivity contribution in [2.75, 3.05) is 19.6 Å². The highest BCUT2D eigenvalue weighted by Gasteiger charge is 2.24. The quantitative estimate of drug-likeness (QED) is 0.776. The summed E-state index contributed by atoms with van der Waals surface area (Å²) in [5.41, 5.74) is 0.255. The molecule has 2 rings (SSSR count). The maximum Gasteiger partial charge on any atom is 0.257 e. The monoisotopic (exact) mass is 273 g/mol. The van der Waals surface area contributed by atoms with Gasteiger partial charge in [0.1, 0.15) is 10.3 Å². The van der Waals surface area contributed by atoms with E-state index in [0.717, 1.165) is 0 Å². The van der Waals surface area contributed by atoms with Crippen LogP contribution in [0.25, 0.3) is 0 Å². The largest absolute Gasteiger partial charge is 0.353 e. The third-order valence-corrected chi connectivity index (χ3v) is 2.87. The van der Waals surface area contributed by atoms with Crippen LogP contribution in [-0.2, 0) is 4.79 Å². The van der Waals surface area contributed by atoms with Crippen molar-refractivity contribution in [2.45, 2.75) is 0 Å². The Labute approximate surface area is 108 Å². The maximum atomic E-state index is 12.1. The van der Waals surface area contributed by atoms with Crippen molar-refractivity contribution in [3.8, 4) is 0 Å². The number of nitrogens with one attached hydrogen (secondary N) is 1. The van der Waals surface area contributed by atoms with Crippen LogP contribution in [0.4, 0.5) is 0 Å². The van der Waals surface area contributed by atoms with Crippen LogP contribution in [0.5, 0.6) is 0 Å². The summed E-state index contributed by atoms with van der Waals surface area (Å²) in [4.78, 5) is 28.4. The van der Waals surface area contributed by atoms with Gasteiger partial charge in [-0.05, 0) is 12.1 Å². The first kappa shape index (κ1) is 12.1. The molecule has 5 nitrogen and oxygen atoms in total. The Balaban J connectivity index is 2.21. The Morgan fingerprint density at radius 2 is 2.18 bits per heavy atom. The zero-order valence-electron chi connectivity index (χ0n) is 8.74. The molecule has 1 saturated heterocycles. The molecule has 1 aromatic heterocycles. The predicted octanol–water partition coefficient (Wildman–Crippen LogP) is 0.960. The molecule has 0 bridgehead atoms. The lowest BCUT2D eigenvalue weighted by Crippen LogP contribution is -2.50. The number of aromatic nitrogens is 1. The summed E-state index contributed by atoms with van der Waals surface area (Å²) in [6.07, 6.45) is 0. The second-order valence-electron chi connectivity index (χ2n) is 3.55. The number of piperazine rings is 1. The third kappa shape index (κ3) is 2.68. The average molecular weight is 274 g/mol. The van der Waals surface area contributed by atoms with E-state index < -0.39 is 0 Å². The molecule has 7 heteroatoms. The summed E-state index contributed by atoms with van der Waals surface area (Å²) >= 11 is 11.5. The van der Waals surface area contributed by atoms with Crippen LogP contribution in [0.15, 0.2) is 12.1 Å². The molecule has 90 valence electrons. The first-order chi connectivity index (χ1) is 8.08. The summed E-state index contributed by atoms with van der Waals surface area (Å²) in [7, 11) is 0. The van der Waals surface area contributed by atoms with E-state index in [4.69, 9.17) is 23.2 Å². The lowest BCUT2D eigenvalue weighted by atomic mass is 10.2. The van der Waals surface area contributed by atoms with Crippen molar-refractivity contribution in [3.63, 3.8) is 0 Å². The molecule has 1 aliphatic rings. The first-order valence-corrected chi connectivity index (χ1v) is 5.71. The molecular formula is C10H9Cl2N3O2. The van der Waals surface area contributed by atoms with Gasteiger partial charge in [0.25, 0.3) is 5.91 Å². The molecule has 0 radical (unpaired) electrons. The third-order valence-electron chi connectivity index (χ3n) is 2.37. The van der Waals surface area contributed by atoms with Gasteiger partial charge in [-0.1, -0.05) is 23.2 Å². The van der Waals surface area contributed by atoms with E-state index in [1.165, 1.54) is 17.0 Å². The number of nitrogens with zero attached hydrogens (tertiary/aromatic N) is 2. The summed E-state index contributed by atoms with van der Waals surface area (Å²) in [6, 6.07) is 3.00. The molecule has 0 aromatic carbocycles. The molecular weight excluding hydrogens is 265 g/mol. The highest BCUT2D eigenvalue weighted by atomic mass is 35.5. The average Bonchev–Trinajstić information content (AvgIpc) is 2.28. The normalized spacial score (nSPS) is 15.6. The highest BCUT2D eigenvalue weighted by Crippen LogP contribution is 2.18. The van der Waals surface area contributed by atoms with E-state index in [2.05, 4.69) is 10.3 Å². The van der Waals surface area contributed by atoms with E-state index in [-0.39, 0.29) is 34.2 Å². The molecule has 2 amide bonds. The summed E-state index contributed by atoms with van der Waals surface area (Å²) in [5.74, 6) is -0.489. The molecule has 17 heavy (non-hydrogen) atoms. The van der Waals surface area contributed by atoms with Gasteiger partial charge in [-0.3, -0.25) is 9.59 Å². The molecule has 0 aliphatic carbocycles. The molecule has 2 heterocycles. The molecule has 1 N–H and O–H groups in total. The Morgan fingerprint density at radius 3 is 2.82 bits per heavy atom. The molecule has 1 fully saturated rings. The van der Waals surface area contributed by atoms with Gasteiger partial charge in [0.15, 0.2) is 0 Å². The number of carbonyl (C=O) groups is 2. The van der Waals surface area contributed by atoms with Gasteiger partial charge in [0.2, 0.25) is 5.91 Å². The lowest BCUT2D eigenvalue weighted by molar-refractivity contribution is -0.123. The van der Waals surface area contributed by atoms with Crippen molar-refractivity contribution >= 4 is 35.0 Å². The smallest absolute Gasteiger partial charge is 0.257 e. The van der Waals surface area contributed by atoms with E-state index in [9.17, 15) is 9.59 Å². The first-order valence-electron chi connectivity index (χ1n) is 4.96. The highest BCUT2D eigenvalue weighted by molar-refractivity contribution is 6.34. The minimum absolute atomic E-state index is 0.0395.